The number of ether oxygens (including phenoxy) is 2. The summed E-state index contributed by atoms with van der Waals surface area (Å²) in [6.45, 7) is 1.24. The average Bonchev–Trinajstić information content (AvgIpc) is 2.98. The van der Waals surface area contributed by atoms with E-state index in [0.29, 0.717) is 25.6 Å². The lowest BCUT2D eigenvalue weighted by atomic mass is 9.84. The van der Waals surface area contributed by atoms with E-state index in [1.54, 1.807) is 7.05 Å². The van der Waals surface area contributed by atoms with Crippen LogP contribution in [0.2, 0.25) is 0 Å². The van der Waals surface area contributed by atoms with Gasteiger partial charge in [-0.05, 0) is 18.2 Å². The maximum absolute atomic E-state index is 6.24. The van der Waals surface area contributed by atoms with Crippen molar-refractivity contribution in [2.45, 2.75) is 24.2 Å². The zero-order valence-corrected chi connectivity index (χ0v) is 13.2. The molecule has 1 aromatic rings. The maximum atomic E-state index is 6.24. The van der Waals surface area contributed by atoms with E-state index in [-0.39, 0.29) is 0 Å². The molecule has 6 nitrogen and oxygen atoms in total. The zero-order chi connectivity index (χ0) is 14.7. The number of benzene rings is 1. The van der Waals surface area contributed by atoms with Crippen molar-refractivity contribution in [3.8, 4) is 5.75 Å². The van der Waals surface area contributed by atoms with Crippen molar-refractivity contribution < 1.29 is 14.3 Å². The molecule has 0 bridgehead atoms. The standard InChI is InChI=1S/C14H16BrN3O3/c1-18-12(16)17-14(21-18)7-13(4-5-19-8-13)20-11-3-2-9(15)6-10(11)14/h2-3,6H,4-5,7-8H2,1H3,(H2,16,17). The Morgan fingerprint density at radius 3 is 2.95 bits per heavy atom. The minimum atomic E-state index is -0.829. The molecule has 0 saturated carbocycles. The second kappa shape index (κ2) is 4.34. The van der Waals surface area contributed by atoms with E-state index in [1.807, 2.05) is 18.2 Å². The smallest absolute Gasteiger partial charge is 0.222 e. The second-order valence-corrected chi connectivity index (χ2v) is 6.66. The number of hydrogen-bond donors (Lipinski definition) is 1. The molecular weight excluding hydrogens is 338 g/mol. The lowest BCUT2D eigenvalue weighted by Gasteiger charge is -2.42. The fourth-order valence-corrected chi connectivity index (χ4v) is 3.60. The van der Waals surface area contributed by atoms with Gasteiger partial charge in [0.25, 0.3) is 0 Å². The number of fused-ring (bicyclic) bond motifs is 2. The Morgan fingerprint density at radius 1 is 1.43 bits per heavy atom. The van der Waals surface area contributed by atoms with E-state index >= 15 is 0 Å². The van der Waals surface area contributed by atoms with Crippen LogP contribution in [0.25, 0.3) is 0 Å². The first-order valence-electron chi connectivity index (χ1n) is 6.87. The molecule has 3 aliphatic rings. The van der Waals surface area contributed by atoms with Crippen molar-refractivity contribution in [1.82, 2.24) is 5.06 Å². The Balaban J connectivity index is 1.87. The van der Waals surface area contributed by atoms with Gasteiger partial charge in [0.05, 0.1) is 18.8 Å². The number of rotatable bonds is 0. The summed E-state index contributed by atoms with van der Waals surface area (Å²) in [4.78, 5) is 10.6. The summed E-state index contributed by atoms with van der Waals surface area (Å²) in [5.41, 5.74) is 5.60. The van der Waals surface area contributed by atoms with E-state index in [2.05, 4.69) is 20.9 Å². The van der Waals surface area contributed by atoms with E-state index in [0.717, 1.165) is 22.2 Å². The fraction of sp³-hybridized carbons (Fsp3) is 0.500. The third-order valence-corrected chi connectivity index (χ3v) is 4.72. The van der Waals surface area contributed by atoms with Crippen LogP contribution in [0.15, 0.2) is 27.7 Å². The van der Waals surface area contributed by atoms with Gasteiger partial charge in [-0.1, -0.05) is 15.9 Å². The predicted octanol–water partition coefficient (Wildman–Crippen LogP) is 1.74. The van der Waals surface area contributed by atoms with Gasteiger partial charge >= 0.3 is 0 Å². The molecule has 2 unspecified atom stereocenters. The van der Waals surface area contributed by atoms with Gasteiger partial charge < -0.3 is 15.2 Å². The van der Waals surface area contributed by atoms with Gasteiger partial charge in [0.1, 0.15) is 11.4 Å². The number of nitrogens with two attached hydrogens (primary N) is 1. The molecule has 0 aliphatic carbocycles. The molecule has 0 amide bonds. The van der Waals surface area contributed by atoms with Crippen LogP contribution in [0, 0.1) is 0 Å². The fourth-order valence-electron chi connectivity index (χ4n) is 3.24. The Labute approximate surface area is 130 Å². The third kappa shape index (κ3) is 1.95. The number of guanidine groups is 1. The molecule has 0 aromatic heterocycles. The molecule has 4 rings (SSSR count). The molecule has 21 heavy (non-hydrogen) atoms. The quantitative estimate of drug-likeness (QED) is 0.769. The van der Waals surface area contributed by atoms with Crippen molar-refractivity contribution >= 4 is 21.9 Å². The highest BCUT2D eigenvalue weighted by Crippen LogP contribution is 2.51. The molecule has 2 spiro atoms. The van der Waals surface area contributed by atoms with Crippen LogP contribution in [-0.4, -0.2) is 36.9 Å². The molecule has 1 fully saturated rings. The molecule has 1 saturated heterocycles. The normalized spacial score (nSPS) is 34.2. The van der Waals surface area contributed by atoms with Crippen LogP contribution in [0.1, 0.15) is 18.4 Å². The highest BCUT2D eigenvalue weighted by molar-refractivity contribution is 9.10. The summed E-state index contributed by atoms with van der Waals surface area (Å²) in [6, 6.07) is 5.87. The summed E-state index contributed by atoms with van der Waals surface area (Å²) in [7, 11) is 1.76. The first kappa shape index (κ1) is 13.4. The van der Waals surface area contributed by atoms with Crippen LogP contribution in [-0.2, 0) is 15.3 Å². The number of hydrogen-bond acceptors (Lipinski definition) is 6. The summed E-state index contributed by atoms with van der Waals surface area (Å²) >= 11 is 3.50. The number of nitrogens with zero attached hydrogens (tertiary/aromatic N) is 2. The number of aliphatic imine (C=N–C) groups is 1. The second-order valence-electron chi connectivity index (χ2n) is 5.75. The molecule has 2 N–H and O–H groups in total. The summed E-state index contributed by atoms with van der Waals surface area (Å²) in [6.07, 6.45) is 1.42. The Bertz CT molecular complexity index is 630. The minimum absolute atomic E-state index is 0.372. The topological polar surface area (TPSA) is 69.3 Å². The van der Waals surface area contributed by atoms with Crippen molar-refractivity contribution in [2.24, 2.45) is 10.7 Å². The van der Waals surface area contributed by atoms with Crippen LogP contribution in [0.3, 0.4) is 0 Å². The van der Waals surface area contributed by atoms with Gasteiger partial charge in [0, 0.05) is 24.4 Å². The van der Waals surface area contributed by atoms with Crippen LogP contribution < -0.4 is 10.5 Å². The highest BCUT2D eigenvalue weighted by atomic mass is 79.9. The van der Waals surface area contributed by atoms with E-state index in [1.165, 1.54) is 5.06 Å². The van der Waals surface area contributed by atoms with Gasteiger partial charge in [-0.2, -0.15) is 0 Å². The average molecular weight is 354 g/mol. The zero-order valence-electron chi connectivity index (χ0n) is 11.6. The molecule has 1 aromatic carbocycles. The lowest BCUT2D eigenvalue weighted by molar-refractivity contribution is -0.203. The third-order valence-electron chi connectivity index (χ3n) is 4.22. The molecular formula is C14H16BrN3O3. The SMILES string of the molecule is CN1OC2(CC3(CCOC3)Oc3ccc(Br)cc32)N=C1N. The van der Waals surface area contributed by atoms with Crippen molar-refractivity contribution in [2.75, 3.05) is 20.3 Å². The Kier molecular flexibility index (Phi) is 2.76. The molecule has 112 valence electrons. The van der Waals surface area contributed by atoms with E-state index < -0.39 is 11.3 Å². The van der Waals surface area contributed by atoms with Crippen molar-refractivity contribution in [1.29, 1.82) is 0 Å². The number of halogens is 1. The van der Waals surface area contributed by atoms with Gasteiger partial charge in [0.2, 0.25) is 11.7 Å². The maximum Gasteiger partial charge on any atom is 0.222 e. The van der Waals surface area contributed by atoms with E-state index in [4.69, 9.17) is 20.0 Å². The first-order chi connectivity index (χ1) is 10.0. The van der Waals surface area contributed by atoms with Gasteiger partial charge in [0.15, 0.2) is 0 Å². The number of hydroxylamine groups is 2. The van der Waals surface area contributed by atoms with Crippen LogP contribution >= 0.6 is 15.9 Å². The molecule has 2 atom stereocenters. The minimum Gasteiger partial charge on any atom is -0.484 e. The summed E-state index contributed by atoms with van der Waals surface area (Å²) in [5, 5.41) is 1.51. The molecule has 3 aliphatic heterocycles. The summed E-state index contributed by atoms with van der Waals surface area (Å²) < 4.78 is 12.7. The van der Waals surface area contributed by atoms with Gasteiger partial charge in [-0.3, -0.25) is 0 Å². The Morgan fingerprint density at radius 2 is 2.29 bits per heavy atom. The molecule has 0 radical (unpaired) electrons. The highest BCUT2D eigenvalue weighted by Gasteiger charge is 2.55. The largest absolute Gasteiger partial charge is 0.484 e. The lowest BCUT2D eigenvalue weighted by Crippen LogP contribution is -2.49. The van der Waals surface area contributed by atoms with E-state index in [9.17, 15) is 0 Å². The van der Waals surface area contributed by atoms with Crippen molar-refractivity contribution in [3.63, 3.8) is 0 Å². The summed E-state index contributed by atoms with van der Waals surface area (Å²) in [5.74, 6) is 1.15. The predicted molar refractivity (Wildman–Crippen MR) is 79.7 cm³/mol. The van der Waals surface area contributed by atoms with Gasteiger partial charge in [-0.15, -0.1) is 0 Å². The Hall–Kier alpha value is -1.31. The monoisotopic (exact) mass is 353 g/mol. The molecule has 7 heteroatoms. The van der Waals surface area contributed by atoms with Crippen molar-refractivity contribution in [3.05, 3.63) is 28.2 Å². The van der Waals surface area contributed by atoms with Crippen LogP contribution in [0.5, 0.6) is 5.75 Å². The molecule has 3 heterocycles. The first-order valence-corrected chi connectivity index (χ1v) is 7.66. The van der Waals surface area contributed by atoms with Crippen LogP contribution in [0.4, 0.5) is 0 Å². The van der Waals surface area contributed by atoms with Gasteiger partial charge in [-0.25, -0.2) is 14.9 Å².